The van der Waals surface area contributed by atoms with Crippen LogP contribution >= 0.6 is 0 Å². The predicted molar refractivity (Wildman–Crippen MR) is 67.9 cm³/mol. The van der Waals surface area contributed by atoms with Crippen molar-refractivity contribution in [2.45, 2.75) is 39.7 Å². The van der Waals surface area contributed by atoms with Crippen LogP contribution in [0, 0.1) is 6.92 Å². The maximum atomic E-state index is 11.8. The lowest BCUT2D eigenvalue weighted by Crippen LogP contribution is -2.24. The van der Waals surface area contributed by atoms with Crippen LogP contribution in [-0.2, 0) is 0 Å². The van der Waals surface area contributed by atoms with E-state index in [0.29, 0.717) is 12.5 Å². The van der Waals surface area contributed by atoms with Crippen LogP contribution in [0.4, 0.5) is 0 Å². The molecule has 1 rings (SSSR count). The van der Waals surface area contributed by atoms with Gasteiger partial charge in [0.25, 0.3) is 0 Å². The summed E-state index contributed by atoms with van der Waals surface area (Å²) in [5.74, 6) is 0.245. The van der Waals surface area contributed by atoms with Gasteiger partial charge in [-0.1, -0.05) is 37.6 Å². The highest BCUT2D eigenvalue weighted by Crippen LogP contribution is 2.07. The summed E-state index contributed by atoms with van der Waals surface area (Å²) in [6.07, 6.45) is 1.54. The summed E-state index contributed by atoms with van der Waals surface area (Å²) in [6, 6.07) is 8.30. The molecule has 1 aromatic rings. The second-order valence-electron chi connectivity index (χ2n) is 4.51. The molecule has 2 nitrogen and oxygen atoms in total. The van der Waals surface area contributed by atoms with Crippen LogP contribution in [0.15, 0.2) is 24.3 Å². The van der Waals surface area contributed by atoms with Crippen molar-refractivity contribution in [3.63, 3.8) is 0 Å². The number of carbonyl (C=O) groups is 1. The number of Topliss-reactive ketones (excluding diaryl/α,β-unsaturated/α-hetero) is 1. The molecule has 1 N–H and O–H groups in total. The standard InChI is InChI=1S/C14H21NO/c1-11(2)15-9-5-8-14(16)13-7-4-6-12(3)10-13/h4,6-7,10-11,15H,5,8-9H2,1-3H3. The van der Waals surface area contributed by atoms with Crippen LogP contribution in [0.5, 0.6) is 0 Å². The van der Waals surface area contributed by atoms with Gasteiger partial charge in [-0.25, -0.2) is 0 Å². The van der Waals surface area contributed by atoms with Crippen molar-refractivity contribution < 1.29 is 4.79 Å². The van der Waals surface area contributed by atoms with Gasteiger partial charge in [0.05, 0.1) is 0 Å². The van der Waals surface area contributed by atoms with Crippen molar-refractivity contribution in [2.75, 3.05) is 6.54 Å². The van der Waals surface area contributed by atoms with Gasteiger partial charge in [-0.15, -0.1) is 0 Å². The Labute approximate surface area is 98.1 Å². The normalized spacial score (nSPS) is 10.8. The number of hydrogen-bond donors (Lipinski definition) is 1. The first-order valence-corrected chi connectivity index (χ1v) is 5.93. The number of carbonyl (C=O) groups excluding carboxylic acids is 1. The van der Waals surface area contributed by atoms with E-state index in [1.165, 1.54) is 0 Å². The second kappa shape index (κ2) is 6.44. The summed E-state index contributed by atoms with van der Waals surface area (Å²) >= 11 is 0. The molecule has 0 aromatic heterocycles. The van der Waals surface area contributed by atoms with E-state index in [-0.39, 0.29) is 5.78 Å². The summed E-state index contributed by atoms with van der Waals surface area (Å²) in [7, 11) is 0. The van der Waals surface area contributed by atoms with Crippen LogP contribution in [0.3, 0.4) is 0 Å². The zero-order chi connectivity index (χ0) is 12.0. The molecule has 0 atom stereocenters. The Morgan fingerprint density at radius 3 is 2.75 bits per heavy atom. The third kappa shape index (κ3) is 4.58. The van der Waals surface area contributed by atoms with E-state index in [0.717, 1.165) is 24.1 Å². The van der Waals surface area contributed by atoms with Crippen LogP contribution < -0.4 is 5.32 Å². The maximum Gasteiger partial charge on any atom is 0.162 e. The number of ketones is 1. The average Bonchev–Trinajstić information content (AvgIpc) is 2.24. The lowest BCUT2D eigenvalue weighted by molar-refractivity contribution is 0.0979. The van der Waals surface area contributed by atoms with Crippen molar-refractivity contribution >= 4 is 5.78 Å². The molecule has 0 heterocycles. The maximum absolute atomic E-state index is 11.8. The zero-order valence-corrected chi connectivity index (χ0v) is 10.4. The number of aryl methyl sites for hydroxylation is 1. The highest BCUT2D eigenvalue weighted by atomic mass is 16.1. The molecule has 0 saturated heterocycles. The first-order valence-electron chi connectivity index (χ1n) is 5.93. The molecular weight excluding hydrogens is 198 g/mol. The monoisotopic (exact) mass is 219 g/mol. The number of rotatable bonds is 6. The zero-order valence-electron chi connectivity index (χ0n) is 10.4. The number of benzene rings is 1. The van der Waals surface area contributed by atoms with Crippen LogP contribution in [0.1, 0.15) is 42.6 Å². The Morgan fingerprint density at radius 2 is 2.12 bits per heavy atom. The van der Waals surface area contributed by atoms with Crippen molar-refractivity contribution in [3.05, 3.63) is 35.4 Å². The third-order valence-electron chi connectivity index (χ3n) is 2.47. The molecular formula is C14H21NO. The van der Waals surface area contributed by atoms with Gasteiger partial charge in [0.1, 0.15) is 0 Å². The first kappa shape index (κ1) is 12.9. The van der Waals surface area contributed by atoms with Crippen LogP contribution in [0.2, 0.25) is 0 Å². The Balaban J connectivity index is 2.35. The predicted octanol–water partition coefficient (Wildman–Crippen LogP) is 2.96. The highest BCUT2D eigenvalue weighted by Gasteiger charge is 2.05. The van der Waals surface area contributed by atoms with Gasteiger partial charge in [-0.3, -0.25) is 4.79 Å². The summed E-state index contributed by atoms with van der Waals surface area (Å²) in [5.41, 5.74) is 1.98. The van der Waals surface area contributed by atoms with Crippen LogP contribution in [0.25, 0.3) is 0 Å². The molecule has 88 valence electrons. The van der Waals surface area contributed by atoms with Crippen molar-refractivity contribution in [1.29, 1.82) is 0 Å². The molecule has 16 heavy (non-hydrogen) atoms. The molecule has 0 fully saturated rings. The van der Waals surface area contributed by atoms with E-state index < -0.39 is 0 Å². The molecule has 0 spiro atoms. The fraction of sp³-hybridized carbons (Fsp3) is 0.500. The Kier molecular flexibility index (Phi) is 5.20. The molecule has 0 amide bonds. The smallest absolute Gasteiger partial charge is 0.162 e. The van der Waals surface area contributed by atoms with E-state index in [2.05, 4.69) is 19.2 Å². The molecule has 2 heteroatoms. The second-order valence-corrected chi connectivity index (χ2v) is 4.51. The Bertz CT molecular complexity index is 344. The fourth-order valence-electron chi connectivity index (χ4n) is 1.60. The molecule has 0 aliphatic carbocycles. The molecule has 0 unspecified atom stereocenters. The van der Waals surface area contributed by atoms with Crippen molar-refractivity contribution in [1.82, 2.24) is 5.32 Å². The lowest BCUT2D eigenvalue weighted by Gasteiger charge is -2.07. The van der Waals surface area contributed by atoms with E-state index in [4.69, 9.17) is 0 Å². The van der Waals surface area contributed by atoms with Gasteiger partial charge >= 0.3 is 0 Å². The Morgan fingerprint density at radius 1 is 1.38 bits per heavy atom. The molecule has 1 aromatic carbocycles. The molecule has 0 saturated carbocycles. The van der Waals surface area contributed by atoms with Crippen molar-refractivity contribution in [2.24, 2.45) is 0 Å². The first-order chi connectivity index (χ1) is 7.59. The lowest BCUT2D eigenvalue weighted by atomic mass is 10.0. The van der Waals surface area contributed by atoms with Gasteiger partial charge in [0.2, 0.25) is 0 Å². The molecule has 0 aliphatic heterocycles. The molecule has 0 radical (unpaired) electrons. The highest BCUT2D eigenvalue weighted by molar-refractivity contribution is 5.96. The SMILES string of the molecule is Cc1cccc(C(=O)CCCNC(C)C)c1. The van der Waals surface area contributed by atoms with Gasteiger partial charge in [-0.2, -0.15) is 0 Å². The topological polar surface area (TPSA) is 29.1 Å². The quantitative estimate of drug-likeness (QED) is 0.588. The largest absolute Gasteiger partial charge is 0.315 e. The number of nitrogens with one attached hydrogen (secondary N) is 1. The summed E-state index contributed by atoms with van der Waals surface area (Å²) in [5, 5.41) is 3.31. The van der Waals surface area contributed by atoms with E-state index in [1.54, 1.807) is 0 Å². The molecule has 0 aliphatic rings. The number of hydrogen-bond acceptors (Lipinski definition) is 2. The van der Waals surface area contributed by atoms with E-state index in [9.17, 15) is 4.79 Å². The summed E-state index contributed by atoms with van der Waals surface area (Å²) in [4.78, 5) is 11.8. The minimum Gasteiger partial charge on any atom is -0.315 e. The average molecular weight is 219 g/mol. The minimum absolute atomic E-state index is 0.245. The minimum atomic E-state index is 0.245. The van der Waals surface area contributed by atoms with Gasteiger partial charge in [0.15, 0.2) is 5.78 Å². The summed E-state index contributed by atoms with van der Waals surface area (Å²) in [6.45, 7) is 7.15. The van der Waals surface area contributed by atoms with E-state index in [1.807, 2.05) is 31.2 Å². The molecule has 0 bridgehead atoms. The van der Waals surface area contributed by atoms with Crippen LogP contribution in [-0.4, -0.2) is 18.4 Å². The van der Waals surface area contributed by atoms with E-state index >= 15 is 0 Å². The van der Waals surface area contributed by atoms with Gasteiger partial charge in [0, 0.05) is 18.0 Å². The van der Waals surface area contributed by atoms with Crippen molar-refractivity contribution in [3.8, 4) is 0 Å². The Hall–Kier alpha value is -1.15. The van der Waals surface area contributed by atoms with Gasteiger partial charge < -0.3 is 5.32 Å². The third-order valence-corrected chi connectivity index (χ3v) is 2.47. The summed E-state index contributed by atoms with van der Waals surface area (Å²) < 4.78 is 0. The fourth-order valence-corrected chi connectivity index (χ4v) is 1.60. The van der Waals surface area contributed by atoms with Gasteiger partial charge in [-0.05, 0) is 26.0 Å².